The normalized spacial score (nSPS) is 10.2. The zero-order chi connectivity index (χ0) is 12.4. The van der Waals surface area contributed by atoms with Crippen LogP contribution in [0.5, 0.6) is 5.75 Å². The second kappa shape index (κ2) is 4.21. The predicted molar refractivity (Wildman–Crippen MR) is 65.3 cm³/mol. The topological polar surface area (TPSA) is 83.3 Å². The minimum Gasteiger partial charge on any atom is -0.497 e. The van der Waals surface area contributed by atoms with Gasteiger partial charge in [-0.25, -0.2) is 0 Å². The van der Waals surface area contributed by atoms with Gasteiger partial charge in [0, 0.05) is 12.3 Å². The Morgan fingerprint density at radius 2 is 2.12 bits per heavy atom. The number of nitrogens with two attached hydrogens (primary N) is 2. The number of primary amides is 1. The zero-order valence-electron chi connectivity index (χ0n) is 9.38. The molecule has 0 saturated heterocycles. The summed E-state index contributed by atoms with van der Waals surface area (Å²) in [7, 11) is 1.59. The Kier molecular flexibility index (Phi) is 2.74. The molecule has 0 atom stereocenters. The van der Waals surface area contributed by atoms with Crippen molar-refractivity contribution in [3.05, 3.63) is 42.1 Å². The van der Waals surface area contributed by atoms with Gasteiger partial charge >= 0.3 is 0 Å². The van der Waals surface area contributed by atoms with E-state index in [-0.39, 0.29) is 0 Å². The second-order valence-electron chi connectivity index (χ2n) is 3.55. The molecule has 4 N–H and O–H groups in total. The number of benzene rings is 1. The van der Waals surface area contributed by atoms with Crippen molar-refractivity contribution in [3.63, 3.8) is 0 Å². The molecule has 0 bridgehead atoms. The largest absolute Gasteiger partial charge is 0.497 e. The molecule has 2 rings (SSSR count). The number of methoxy groups -OCH3 is 1. The highest BCUT2D eigenvalue weighted by Crippen LogP contribution is 2.22. The summed E-state index contributed by atoms with van der Waals surface area (Å²) in [6.45, 7) is 0. The van der Waals surface area contributed by atoms with Crippen LogP contribution < -0.4 is 16.2 Å². The monoisotopic (exact) mass is 231 g/mol. The lowest BCUT2D eigenvalue weighted by atomic mass is 10.3. The minimum absolute atomic E-state index is 0.313. The van der Waals surface area contributed by atoms with Gasteiger partial charge in [0.05, 0.1) is 18.4 Å². The molecule has 0 aliphatic rings. The van der Waals surface area contributed by atoms with E-state index in [0.29, 0.717) is 11.4 Å². The Morgan fingerprint density at radius 1 is 1.35 bits per heavy atom. The smallest absolute Gasteiger partial charge is 0.252 e. The standard InChI is InChI=1S/C12H13N3O2/c1-17-9-4-2-3-8(7-9)15-6-5-10(11(15)13)12(14)16/h2-7H,13H2,1H3,(H2,14,16). The molecule has 1 aromatic heterocycles. The molecule has 0 saturated carbocycles. The van der Waals surface area contributed by atoms with Gasteiger partial charge < -0.3 is 20.8 Å². The lowest BCUT2D eigenvalue weighted by Crippen LogP contribution is -2.13. The van der Waals surface area contributed by atoms with Crippen LogP contribution in [0.1, 0.15) is 10.4 Å². The molecule has 0 fully saturated rings. The quantitative estimate of drug-likeness (QED) is 0.831. The molecule has 0 unspecified atom stereocenters. The minimum atomic E-state index is -0.538. The van der Waals surface area contributed by atoms with Crippen molar-refractivity contribution in [1.82, 2.24) is 4.57 Å². The van der Waals surface area contributed by atoms with E-state index < -0.39 is 5.91 Å². The van der Waals surface area contributed by atoms with Gasteiger partial charge in [-0.3, -0.25) is 4.79 Å². The number of anilines is 1. The fraction of sp³-hybridized carbons (Fsp3) is 0.0833. The first kappa shape index (κ1) is 11.1. The van der Waals surface area contributed by atoms with Gasteiger partial charge in [-0.15, -0.1) is 0 Å². The zero-order valence-corrected chi connectivity index (χ0v) is 9.38. The third-order valence-corrected chi connectivity index (χ3v) is 2.52. The van der Waals surface area contributed by atoms with Crippen molar-refractivity contribution in [2.75, 3.05) is 12.8 Å². The second-order valence-corrected chi connectivity index (χ2v) is 3.55. The number of ether oxygens (including phenoxy) is 1. The summed E-state index contributed by atoms with van der Waals surface area (Å²) < 4.78 is 6.81. The summed E-state index contributed by atoms with van der Waals surface area (Å²) in [4.78, 5) is 11.1. The van der Waals surface area contributed by atoms with Gasteiger partial charge in [-0.05, 0) is 18.2 Å². The van der Waals surface area contributed by atoms with Gasteiger partial charge in [0.15, 0.2) is 0 Å². The van der Waals surface area contributed by atoms with Crippen LogP contribution in [0.2, 0.25) is 0 Å². The molecule has 0 aliphatic heterocycles. The van der Waals surface area contributed by atoms with Gasteiger partial charge in [-0.2, -0.15) is 0 Å². The Labute approximate surface area is 98.6 Å². The number of hydrogen-bond donors (Lipinski definition) is 2. The molecule has 0 spiro atoms. The number of nitrogen functional groups attached to an aromatic ring is 1. The molecule has 0 aliphatic carbocycles. The molecule has 2 aromatic rings. The molecule has 5 nitrogen and oxygen atoms in total. The number of rotatable bonds is 3. The molecule has 88 valence electrons. The molecule has 1 aromatic carbocycles. The third-order valence-electron chi connectivity index (χ3n) is 2.52. The fourth-order valence-electron chi connectivity index (χ4n) is 1.64. The Hall–Kier alpha value is -2.43. The third kappa shape index (κ3) is 1.94. The predicted octanol–water partition coefficient (Wildman–Crippen LogP) is 1.17. The van der Waals surface area contributed by atoms with Crippen molar-refractivity contribution in [2.45, 2.75) is 0 Å². The number of nitrogens with zero attached hydrogens (tertiary/aromatic N) is 1. The molecule has 0 radical (unpaired) electrons. The van der Waals surface area contributed by atoms with E-state index in [9.17, 15) is 4.79 Å². The summed E-state index contributed by atoms with van der Waals surface area (Å²) >= 11 is 0. The van der Waals surface area contributed by atoms with Crippen molar-refractivity contribution >= 4 is 11.7 Å². The van der Waals surface area contributed by atoms with Crippen LogP contribution in [0.25, 0.3) is 5.69 Å². The fourth-order valence-corrected chi connectivity index (χ4v) is 1.64. The maximum Gasteiger partial charge on any atom is 0.252 e. The maximum absolute atomic E-state index is 11.1. The average Bonchev–Trinajstić information content (AvgIpc) is 2.71. The Bertz CT molecular complexity index is 561. The number of carbonyl (C=O) groups is 1. The lowest BCUT2D eigenvalue weighted by Gasteiger charge is -2.08. The highest BCUT2D eigenvalue weighted by atomic mass is 16.5. The summed E-state index contributed by atoms with van der Waals surface area (Å²) in [6.07, 6.45) is 1.70. The summed E-state index contributed by atoms with van der Waals surface area (Å²) in [6, 6.07) is 8.96. The molecule has 5 heteroatoms. The van der Waals surface area contributed by atoms with Gasteiger partial charge in [0.1, 0.15) is 11.6 Å². The summed E-state index contributed by atoms with van der Waals surface area (Å²) in [5.41, 5.74) is 12.2. The number of aromatic nitrogens is 1. The molecular formula is C12H13N3O2. The molecular weight excluding hydrogens is 218 g/mol. The van der Waals surface area contributed by atoms with E-state index in [0.717, 1.165) is 11.4 Å². The number of amides is 1. The van der Waals surface area contributed by atoms with Crippen molar-refractivity contribution < 1.29 is 9.53 Å². The van der Waals surface area contributed by atoms with Crippen LogP contribution in [0.15, 0.2) is 36.5 Å². The summed E-state index contributed by atoms with van der Waals surface area (Å²) in [5, 5.41) is 0. The van der Waals surface area contributed by atoms with E-state index in [1.807, 2.05) is 24.3 Å². The molecule has 1 heterocycles. The van der Waals surface area contributed by atoms with E-state index in [1.165, 1.54) is 0 Å². The van der Waals surface area contributed by atoms with Crippen LogP contribution >= 0.6 is 0 Å². The van der Waals surface area contributed by atoms with E-state index in [4.69, 9.17) is 16.2 Å². The summed E-state index contributed by atoms with van der Waals surface area (Å²) in [5.74, 6) is 0.506. The lowest BCUT2D eigenvalue weighted by molar-refractivity contribution is 0.100. The van der Waals surface area contributed by atoms with Crippen LogP contribution in [0, 0.1) is 0 Å². The Morgan fingerprint density at radius 3 is 2.71 bits per heavy atom. The van der Waals surface area contributed by atoms with Gasteiger partial charge in [0.25, 0.3) is 5.91 Å². The average molecular weight is 231 g/mol. The first-order valence-corrected chi connectivity index (χ1v) is 5.04. The van der Waals surface area contributed by atoms with E-state index in [2.05, 4.69) is 0 Å². The van der Waals surface area contributed by atoms with Crippen LogP contribution in [-0.2, 0) is 0 Å². The highest BCUT2D eigenvalue weighted by Gasteiger charge is 2.11. The van der Waals surface area contributed by atoms with Gasteiger partial charge in [0.2, 0.25) is 0 Å². The molecule has 17 heavy (non-hydrogen) atoms. The Balaban J connectivity index is 2.49. The maximum atomic E-state index is 11.1. The van der Waals surface area contributed by atoms with Crippen LogP contribution in [0.3, 0.4) is 0 Å². The number of carbonyl (C=O) groups excluding carboxylic acids is 1. The van der Waals surface area contributed by atoms with E-state index in [1.54, 1.807) is 23.9 Å². The van der Waals surface area contributed by atoms with Gasteiger partial charge in [-0.1, -0.05) is 6.07 Å². The van der Waals surface area contributed by atoms with Crippen LogP contribution in [-0.4, -0.2) is 17.6 Å². The SMILES string of the molecule is COc1cccc(-n2ccc(C(N)=O)c2N)c1. The first-order chi connectivity index (χ1) is 8.13. The van der Waals surface area contributed by atoms with Crippen molar-refractivity contribution in [2.24, 2.45) is 5.73 Å². The number of hydrogen-bond acceptors (Lipinski definition) is 3. The van der Waals surface area contributed by atoms with Crippen molar-refractivity contribution in [3.8, 4) is 11.4 Å². The van der Waals surface area contributed by atoms with Crippen molar-refractivity contribution in [1.29, 1.82) is 0 Å². The highest BCUT2D eigenvalue weighted by molar-refractivity contribution is 5.97. The van der Waals surface area contributed by atoms with E-state index >= 15 is 0 Å². The first-order valence-electron chi connectivity index (χ1n) is 5.04. The molecule has 1 amide bonds. The van der Waals surface area contributed by atoms with Crippen LogP contribution in [0.4, 0.5) is 5.82 Å².